The van der Waals surface area contributed by atoms with Crippen molar-refractivity contribution in [2.45, 2.75) is 45.7 Å². The van der Waals surface area contributed by atoms with Crippen LogP contribution in [0, 0.1) is 10.1 Å². The Bertz CT molecular complexity index is 950. The lowest BCUT2D eigenvalue weighted by Gasteiger charge is -2.29. The third-order valence-electron chi connectivity index (χ3n) is 5.36. The Balaban J connectivity index is 2.13. The fourth-order valence-corrected chi connectivity index (χ4v) is 3.16. The fourth-order valence-electron chi connectivity index (χ4n) is 3.16. The number of nitrogens with one attached hydrogen (secondary N) is 1. The number of nitrogens with zero attached hydrogens (tertiary/aromatic N) is 2. The summed E-state index contributed by atoms with van der Waals surface area (Å²) in [6, 6.07) is 13.0. The van der Waals surface area contributed by atoms with Gasteiger partial charge in [0, 0.05) is 24.7 Å². The summed E-state index contributed by atoms with van der Waals surface area (Å²) in [6.07, 6.45) is 1.36. The van der Waals surface area contributed by atoms with Crippen molar-refractivity contribution in [2.75, 3.05) is 20.3 Å². The first-order valence-corrected chi connectivity index (χ1v) is 10.9. The number of amides is 2. The number of carbonyl (C=O) groups is 2. The van der Waals surface area contributed by atoms with Gasteiger partial charge in [0.15, 0.2) is 6.61 Å². The molecule has 0 aromatic heterocycles. The van der Waals surface area contributed by atoms with Gasteiger partial charge in [-0.15, -0.1) is 0 Å². The molecule has 0 aliphatic heterocycles. The summed E-state index contributed by atoms with van der Waals surface area (Å²) in [6.45, 7) is 5.59. The second kappa shape index (κ2) is 12.4. The topological polar surface area (TPSA) is 111 Å². The summed E-state index contributed by atoms with van der Waals surface area (Å²) in [4.78, 5) is 37.7. The average molecular weight is 458 g/mol. The maximum Gasteiger partial charge on any atom is 0.311 e. The van der Waals surface area contributed by atoms with Gasteiger partial charge in [-0.2, -0.15) is 0 Å². The van der Waals surface area contributed by atoms with Gasteiger partial charge in [-0.25, -0.2) is 0 Å². The van der Waals surface area contributed by atoms with E-state index >= 15 is 0 Å². The van der Waals surface area contributed by atoms with Gasteiger partial charge < -0.3 is 19.7 Å². The van der Waals surface area contributed by atoms with Crippen LogP contribution in [0.5, 0.6) is 11.5 Å². The number of hydrogen-bond acceptors (Lipinski definition) is 6. The van der Waals surface area contributed by atoms with Crippen LogP contribution >= 0.6 is 0 Å². The standard InChI is InChI=1S/C24H31N3O6/c1-5-17(2)25-24(29)18(3)26(14-13-19-9-7-6-8-10-19)23(28)16-33-20-11-12-21(27(30)31)22(15-20)32-4/h6-12,15,17-18H,5,13-14,16H2,1-4H3,(H,25,29)/t17-,18+/m0/s1. The minimum atomic E-state index is -0.690. The first-order chi connectivity index (χ1) is 15.8. The highest BCUT2D eigenvalue weighted by Gasteiger charge is 2.27. The minimum Gasteiger partial charge on any atom is -0.490 e. The van der Waals surface area contributed by atoms with E-state index in [9.17, 15) is 19.7 Å². The smallest absolute Gasteiger partial charge is 0.311 e. The van der Waals surface area contributed by atoms with E-state index in [0.717, 1.165) is 12.0 Å². The second-order valence-corrected chi connectivity index (χ2v) is 7.70. The molecule has 0 saturated carbocycles. The highest BCUT2D eigenvalue weighted by molar-refractivity contribution is 5.88. The molecule has 0 spiro atoms. The quantitative estimate of drug-likeness (QED) is 0.386. The molecule has 0 bridgehead atoms. The van der Waals surface area contributed by atoms with E-state index in [-0.39, 0.29) is 41.6 Å². The lowest BCUT2D eigenvalue weighted by atomic mass is 10.1. The third kappa shape index (κ3) is 7.48. The van der Waals surface area contributed by atoms with Gasteiger partial charge in [0.1, 0.15) is 11.8 Å². The first-order valence-electron chi connectivity index (χ1n) is 10.9. The van der Waals surface area contributed by atoms with Crippen molar-refractivity contribution < 1.29 is 24.0 Å². The highest BCUT2D eigenvalue weighted by Crippen LogP contribution is 2.30. The third-order valence-corrected chi connectivity index (χ3v) is 5.36. The molecule has 0 unspecified atom stereocenters. The van der Waals surface area contributed by atoms with Crippen LogP contribution in [0.2, 0.25) is 0 Å². The van der Waals surface area contributed by atoms with Crippen LogP contribution in [0.15, 0.2) is 48.5 Å². The maximum absolute atomic E-state index is 13.1. The van der Waals surface area contributed by atoms with Gasteiger partial charge in [-0.1, -0.05) is 37.3 Å². The zero-order valence-electron chi connectivity index (χ0n) is 19.4. The number of ether oxygens (including phenoxy) is 2. The Hall–Kier alpha value is -3.62. The van der Waals surface area contributed by atoms with Crippen LogP contribution in [0.1, 0.15) is 32.8 Å². The molecule has 0 saturated heterocycles. The maximum atomic E-state index is 13.1. The number of methoxy groups -OCH3 is 1. The molecule has 0 aliphatic rings. The summed E-state index contributed by atoms with van der Waals surface area (Å²) in [7, 11) is 1.32. The summed E-state index contributed by atoms with van der Waals surface area (Å²) in [5, 5.41) is 14.0. The summed E-state index contributed by atoms with van der Waals surface area (Å²) in [5.41, 5.74) is 0.849. The van der Waals surface area contributed by atoms with E-state index in [0.29, 0.717) is 13.0 Å². The Labute approximate surface area is 193 Å². The van der Waals surface area contributed by atoms with E-state index in [4.69, 9.17) is 9.47 Å². The Morgan fingerprint density at radius 3 is 2.45 bits per heavy atom. The van der Waals surface area contributed by atoms with E-state index in [1.165, 1.54) is 30.2 Å². The normalized spacial score (nSPS) is 12.4. The van der Waals surface area contributed by atoms with Crippen LogP contribution in [-0.2, 0) is 16.0 Å². The molecular weight excluding hydrogens is 426 g/mol. The van der Waals surface area contributed by atoms with Crippen molar-refractivity contribution in [1.29, 1.82) is 0 Å². The molecule has 9 heteroatoms. The summed E-state index contributed by atoms with van der Waals surface area (Å²) < 4.78 is 10.6. The molecule has 2 aromatic rings. The van der Waals surface area contributed by atoms with Crippen LogP contribution < -0.4 is 14.8 Å². The molecule has 2 atom stereocenters. The first kappa shape index (κ1) is 25.6. The molecule has 0 aliphatic carbocycles. The van der Waals surface area contributed by atoms with Crippen molar-refractivity contribution in [2.24, 2.45) is 0 Å². The van der Waals surface area contributed by atoms with Crippen molar-refractivity contribution >= 4 is 17.5 Å². The van der Waals surface area contributed by atoms with E-state index in [1.54, 1.807) is 6.92 Å². The Morgan fingerprint density at radius 2 is 1.85 bits per heavy atom. The van der Waals surface area contributed by atoms with Crippen LogP contribution in [0.3, 0.4) is 0 Å². The predicted octanol–water partition coefficient (Wildman–Crippen LogP) is 3.36. The van der Waals surface area contributed by atoms with Crippen molar-refractivity contribution in [3.05, 3.63) is 64.2 Å². The zero-order chi connectivity index (χ0) is 24.4. The number of nitro groups is 1. The summed E-state index contributed by atoms with van der Waals surface area (Å²) in [5.74, 6) is -0.310. The number of hydrogen-bond donors (Lipinski definition) is 1. The van der Waals surface area contributed by atoms with Crippen LogP contribution in [-0.4, -0.2) is 54.0 Å². The van der Waals surface area contributed by atoms with Gasteiger partial charge in [-0.3, -0.25) is 19.7 Å². The molecule has 0 heterocycles. The Kier molecular flexibility index (Phi) is 9.65. The van der Waals surface area contributed by atoms with Crippen molar-refractivity contribution in [3.8, 4) is 11.5 Å². The molecular formula is C24H31N3O6. The number of carbonyl (C=O) groups excluding carboxylic acids is 2. The fraction of sp³-hybridized carbons (Fsp3) is 0.417. The van der Waals surface area contributed by atoms with Gasteiger partial charge in [0.25, 0.3) is 5.91 Å². The highest BCUT2D eigenvalue weighted by atomic mass is 16.6. The molecule has 2 aromatic carbocycles. The van der Waals surface area contributed by atoms with Crippen LogP contribution in [0.4, 0.5) is 5.69 Å². The van der Waals surface area contributed by atoms with Gasteiger partial charge in [-0.05, 0) is 38.3 Å². The Morgan fingerprint density at radius 1 is 1.15 bits per heavy atom. The van der Waals surface area contributed by atoms with Crippen molar-refractivity contribution in [3.63, 3.8) is 0 Å². The van der Waals surface area contributed by atoms with Gasteiger partial charge in [0.2, 0.25) is 11.7 Å². The number of rotatable bonds is 12. The largest absolute Gasteiger partial charge is 0.490 e. The lowest BCUT2D eigenvalue weighted by molar-refractivity contribution is -0.385. The number of nitro benzene ring substituents is 1. The van der Waals surface area contributed by atoms with Crippen molar-refractivity contribution in [1.82, 2.24) is 10.2 Å². The SMILES string of the molecule is CC[C@H](C)NC(=O)[C@@H](C)N(CCc1ccccc1)C(=O)COc1ccc([N+](=O)[O-])c(OC)c1. The minimum absolute atomic E-state index is 0.00477. The second-order valence-electron chi connectivity index (χ2n) is 7.70. The molecule has 33 heavy (non-hydrogen) atoms. The molecule has 2 rings (SSSR count). The molecule has 1 N–H and O–H groups in total. The van der Waals surface area contributed by atoms with Gasteiger partial charge in [0.05, 0.1) is 12.0 Å². The van der Waals surface area contributed by atoms with E-state index in [1.807, 2.05) is 44.2 Å². The zero-order valence-corrected chi connectivity index (χ0v) is 19.4. The van der Waals surface area contributed by atoms with E-state index < -0.39 is 11.0 Å². The summed E-state index contributed by atoms with van der Waals surface area (Å²) >= 11 is 0. The monoisotopic (exact) mass is 457 g/mol. The molecule has 0 fully saturated rings. The lowest BCUT2D eigenvalue weighted by Crippen LogP contribution is -2.51. The molecule has 0 radical (unpaired) electrons. The molecule has 9 nitrogen and oxygen atoms in total. The molecule has 178 valence electrons. The van der Waals surface area contributed by atoms with Crippen LogP contribution in [0.25, 0.3) is 0 Å². The van der Waals surface area contributed by atoms with E-state index in [2.05, 4.69) is 5.32 Å². The number of benzene rings is 2. The predicted molar refractivity (Wildman–Crippen MR) is 124 cm³/mol. The average Bonchev–Trinajstić information content (AvgIpc) is 2.82. The molecule has 2 amide bonds. The van der Waals surface area contributed by atoms with Gasteiger partial charge >= 0.3 is 5.69 Å².